The van der Waals surface area contributed by atoms with Gasteiger partial charge in [0.15, 0.2) is 0 Å². The van der Waals surface area contributed by atoms with Gasteiger partial charge in [-0.3, -0.25) is 4.98 Å². The van der Waals surface area contributed by atoms with Crippen LogP contribution in [-0.4, -0.2) is 11.5 Å². The summed E-state index contributed by atoms with van der Waals surface area (Å²) in [5.74, 6) is 0. The molecule has 0 atom stereocenters. The highest BCUT2D eigenvalue weighted by atomic mass is 79.9. The molecule has 1 heterocycles. The molecule has 0 aliphatic rings. The van der Waals surface area contributed by atoms with Gasteiger partial charge in [0.05, 0.1) is 5.52 Å². The van der Waals surface area contributed by atoms with E-state index in [1.165, 1.54) is 10.9 Å². The molecule has 0 aliphatic heterocycles. The number of para-hydroxylation sites is 1. The second-order valence-corrected chi connectivity index (χ2v) is 5.59. The molecule has 0 unspecified atom stereocenters. The molecular formula is C17H15BrN2. The van der Waals surface area contributed by atoms with Crippen LogP contribution in [0.4, 0.5) is 5.69 Å². The standard InChI is InChI=1S/C17H15BrN2/c18-14-7-5-13(6-8-14)9-11-19-17-10-12-20-16-4-2-1-3-15(16)17/h1-8,10,12H,9,11H2,(H,19,20). The maximum absolute atomic E-state index is 4.37. The second kappa shape index (κ2) is 6.06. The first-order valence-corrected chi connectivity index (χ1v) is 7.44. The van der Waals surface area contributed by atoms with Gasteiger partial charge in [0.1, 0.15) is 0 Å². The normalized spacial score (nSPS) is 10.7. The number of nitrogens with zero attached hydrogens (tertiary/aromatic N) is 1. The molecule has 0 radical (unpaired) electrons. The van der Waals surface area contributed by atoms with Gasteiger partial charge in [0.2, 0.25) is 0 Å². The Morgan fingerprint density at radius 2 is 1.75 bits per heavy atom. The van der Waals surface area contributed by atoms with E-state index in [2.05, 4.69) is 56.6 Å². The van der Waals surface area contributed by atoms with E-state index in [0.717, 1.165) is 28.6 Å². The van der Waals surface area contributed by atoms with Gasteiger partial charge < -0.3 is 5.32 Å². The summed E-state index contributed by atoms with van der Waals surface area (Å²) < 4.78 is 1.12. The minimum absolute atomic E-state index is 0.912. The lowest BCUT2D eigenvalue weighted by Gasteiger charge is -2.09. The highest BCUT2D eigenvalue weighted by Gasteiger charge is 2.00. The zero-order valence-corrected chi connectivity index (χ0v) is 12.6. The Hall–Kier alpha value is -1.87. The fraction of sp³-hybridized carbons (Fsp3) is 0.118. The lowest BCUT2D eigenvalue weighted by Crippen LogP contribution is -2.05. The number of anilines is 1. The number of aromatic nitrogens is 1. The van der Waals surface area contributed by atoms with E-state index < -0.39 is 0 Å². The van der Waals surface area contributed by atoms with Crippen molar-refractivity contribution in [2.75, 3.05) is 11.9 Å². The van der Waals surface area contributed by atoms with Gasteiger partial charge >= 0.3 is 0 Å². The summed E-state index contributed by atoms with van der Waals surface area (Å²) in [6, 6.07) is 18.7. The molecule has 0 bridgehead atoms. The molecule has 3 heteroatoms. The topological polar surface area (TPSA) is 24.9 Å². The summed E-state index contributed by atoms with van der Waals surface area (Å²) in [7, 11) is 0. The highest BCUT2D eigenvalue weighted by molar-refractivity contribution is 9.10. The van der Waals surface area contributed by atoms with E-state index >= 15 is 0 Å². The van der Waals surface area contributed by atoms with Crippen molar-refractivity contribution in [3.05, 3.63) is 70.8 Å². The SMILES string of the molecule is Brc1ccc(CCNc2ccnc3ccccc23)cc1. The minimum atomic E-state index is 0.912. The fourth-order valence-electron chi connectivity index (χ4n) is 2.24. The van der Waals surface area contributed by atoms with Crippen molar-refractivity contribution in [3.63, 3.8) is 0 Å². The summed E-state index contributed by atoms with van der Waals surface area (Å²) in [5, 5.41) is 4.67. The van der Waals surface area contributed by atoms with Crippen molar-refractivity contribution in [2.24, 2.45) is 0 Å². The maximum Gasteiger partial charge on any atom is 0.0722 e. The number of halogens is 1. The summed E-state index contributed by atoms with van der Waals surface area (Å²) in [6.45, 7) is 0.912. The first kappa shape index (κ1) is 13.1. The molecule has 1 N–H and O–H groups in total. The van der Waals surface area contributed by atoms with Crippen molar-refractivity contribution >= 4 is 32.5 Å². The van der Waals surface area contributed by atoms with Crippen LogP contribution in [0.5, 0.6) is 0 Å². The Labute approximate surface area is 127 Å². The van der Waals surface area contributed by atoms with Crippen LogP contribution in [0.15, 0.2) is 65.3 Å². The monoisotopic (exact) mass is 326 g/mol. The van der Waals surface area contributed by atoms with Gasteiger partial charge in [-0.2, -0.15) is 0 Å². The molecule has 20 heavy (non-hydrogen) atoms. The van der Waals surface area contributed by atoms with E-state index in [1.807, 2.05) is 30.5 Å². The molecule has 0 saturated carbocycles. The maximum atomic E-state index is 4.37. The van der Waals surface area contributed by atoms with Crippen LogP contribution in [0, 0.1) is 0 Å². The van der Waals surface area contributed by atoms with E-state index in [-0.39, 0.29) is 0 Å². The predicted molar refractivity (Wildman–Crippen MR) is 88.1 cm³/mol. The number of rotatable bonds is 4. The largest absolute Gasteiger partial charge is 0.384 e. The number of hydrogen-bond donors (Lipinski definition) is 1. The van der Waals surface area contributed by atoms with Crippen LogP contribution in [0.25, 0.3) is 10.9 Å². The third-order valence-electron chi connectivity index (χ3n) is 3.29. The summed E-state index contributed by atoms with van der Waals surface area (Å²) in [4.78, 5) is 4.37. The van der Waals surface area contributed by atoms with Gasteiger partial charge in [-0.25, -0.2) is 0 Å². The molecule has 0 amide bonds. The Balaban J connectivity index is 1.69. The molecule has 3 rings (SSSR count). The molecular weight excluding hydrogens is 312 g/mol. The third-order valence-corrected chi connectivity index (χ3v) is 3.82. The number of hydrogen-bond acceptors (Lipinski definition) is 2. The van der Waals surface area contributed by atoms with Crippen molar-refractivity contribution < 1.29 is 0 Å². The van der Waals surface area contributed by atoms with Crippen LogP contribution in [-0.2, 0) is 6.42 Å². The molecule has 100 valence electrons. The van der Waals surface area contributed by atoms with Gasteiger partial charge in [0, 0.05) is 28.3 Å². The molecule has 0 aliphatic carbocycles. The Bertz CT molecular complexity index is 702. The van der Waals surface area contributed by atoms with Crippen LogP contribution >= 0.6 is 15.9 Å². The van der Waals surface area contributed by atoms with Crippen LogP contribution in [0.3, 0.4) is 0 Å². The first-order chi connectivity index (χ1) is 9.83. The van der Waals surface area contributed by atoms with Crippen molar-refractivity contribution in [1.82, 2.24) is 4.98 Å². The van der Waals surface area contributed by atoms with E-state index in [9.17, 15) is 0 Å². The fourth-order valence-corrected chi connectivity index (χ4v) is 2.51. The van der Waals surface area contributed by atoms with Gasteiger partial charge in [-0.15, -0.1) is 0 Å². The molecule has 0 fully saturated rings. The second-order valence-electron chi connectivity index (χ2n) is 4.68. The van der Waals surface area contributed by atoms with Crippen molar-refractivity contribution in [2.45, 2.75) is 6.42 Å². The Kier molecular flexibility index (Phi) is 3.97. The summed E-state index contributed by atoms with van der Waals surface area (Å²) in [5.41, 5.74) is 3.51. The highest BCUT2D eigenvalue weighted by Crippen LogP contribution is 2.20. The lowest BCUT2D eigenvalue weighted by molar-refractivity contribution is 1.02. The van der Waals surface area contributed by atoms with Crippen LogP contribution < -0.4 is 5.32 Å². The van der Waals surface area contributed by atoms with Crippen LogP contribution in [0.2, 0.25) is 0 Å². The molecule has 2 nitrogen and oxygen atoms in total. The first-order valence-electron chi connectivity index (χ1n) is 6.65. The van der Waals surface area contributed by atoms with E-state index in [1.54, 1.807) is 0 Å². The van der Waals surface area contributed by atoms with E-state index in [4.69, 9.17) is 0 Å². The van der Waals surface area contributed by atoms with Crippen LogP contribution in [0.1, 0.15) is 5.56 Å². The molecule has 0 saturated heterocycles. The number of fused-ring (bicyclic) bond motifs is 1. The summed E-state index contributed by atoms with van der Waals surface area (Å²) >= 11 is 3.45. The average molecular weight is 327 g/mol. The Morgan fingerprint density at radius 1 is 0.950 bits per heavy atom. The minimum Gasteiger partial charge on any atom is -0.384 e. The van der Waals surface area contributed by atoms with Crippen molar-refractivity contribution in [3.8, 4) is 0 Å². The Morgan fingerprint density at radius 3 is 2.60 bits per heavy atom. The van der Waals surface area contributed by atoms with Gasteiger partial charge in [0.25, 0.3) is 0 Å². The smallest absolute Gasteiger partial charge is 0.0722 e. The number of benzene rings is 2. The molecule has 2 aromatic carbocycles. The molecule has 3 aromatic rings. The summed E-state index contributed by atoms with van der Waals surface area (Å²) in [6.07, 6.45) is 2.86. The molecule has 1 aromatic heterocycles. The van der Waals surface area contributed by atoms with Gasteiger partial charge in [-0.1, -0.05) is 46.3 Å². The van der Waals surface area contributed by atoms with E-state index in [0.29, 0.717) is 0 Å². The predicted octanol–water partition coefficient (Wildman–Crippen LogP) is 4.65. The number of pyridine rings is 1. The zero-order valence-electron chi connectivity index (χ0n) is 11.0. The lowest BCUT2D eigenvalue weighted by atomic mass is 10.1. The quantitative estimate of drug-likeness (QED) is 0.754. The average Bonchev–Trinajstić information content (AvgIpc) is 2.49. The third kappa shape index (κ3) is 2.99. The van der Waals surface area contributed by atoms with Crippen molar-refractivity contribution in [1.29, 1.82) is 0 Å². The zero-order chi connectivity index (χ0) is 13.8. The molecule has 0 spiro atoms. The van der Waals surface area contributed by atoms with Gasteiger partial charge in [-0.05, 0) is 36.2 Å². The number of nitrogens with one attached hydrogen (secondary N) is 1.